The third-order valence-corrected chi connectivity index (χ3v) is 2.02. The maximum Gasteiger partial charge on any atom is 0.321 e. The Hall–Kier alpha value is -2.11. The van der Waals surface area contributed by atoms with Crippen LogP contribution in [0.1, 0.15) is 13.3 Å². The summed E-state index contributed by atoms with van der Waals surface area (Å²) in [5.74, 6) is 1.50. The predicted octanol–water partition coefficient (Wildman–Crippen LogP) is 1.96. The minimum atomic E-state index is 0.303. The van der Waals surface area contributed by atoms with E-state index in [0.29, 0.717) is 30.2 Å². The van der Waals surface area contributed by atoms with Crippen molar-refractivity contribution >= 4 is 5.95 Å². The SMILES string of the molecule is CCCOc1nc(NC)nc(-c2ccco2)n1. The fourth-order valence-electron chi connectivity index (χ4n) is 1.24. The highest BCUT2D eigenvalue weighted by atomic mass is 16.5. The molecule has 1 N–H and O–H groups in total. The van der Waals surface area contributed by atoms with Gasteiger partial charge in [-0.2, -0.15) is 15.0 Å². The molecule has 0 spiro atoms. The molecular formula is C11H14N4O2. The van der Waals surface area contributed by atoms with Gasteiger partial charge in [-0.15, -0.1) is 0 Å². The Labute approximate surface area is 99.1 Å². The van der Waals surface area contributed by atoms with Gasteiger partial charge >= 0.3 is 6.01 Å². The molecule has 0 saturated heterocycles. The van der Waals surface area contributed by atoms with Crippen molar-refractivity contribution in [3.05, 3.63) is 18.4 Å². The summed E-state index contributed by atoms with van der Waals surface area (Å²) in [5, 5.41) is 2.86. The van der Waals surface area contributed by atoms with E-state index in [2.05, 4.69) is 20.3 Å². The van der Waals surface area contributed by atoms with Crippen LogP contribution in [0.5, 0.6) is 6.01 Å². The average Bonchev–Trinajstić information content (AvgIpc) is 2.89. The van der Waals surface area contributed by atoms with Crippen LogP contribution in [0.25, 0.3) is 11.6 Å². The van der Waals surface area contributed by atoms with Gasteiger partial charge in [-0.3, -0.25) is 0 Å². The first-order valence-corrected chi connectivity index (χ1v) is 5.44. The number of nitrogens with one attached hydrogen (secondary N) is 1. The molecule has 0 aliphatic heterocycles. The molecule has 6 nitrogen and oxygen atoms in total. The molecule has 2 aromatic rings. The fraction of sp³-hybridized carbons (Fsp3) is 0.364. The normalized spacial score (nSPS) is 10.2. The Morgan fingerprint density at radius 3 is 2.88 bits per heavy atom. The van der Waals surface area contributed by atoms with Gasteiger partial charge in [0.1, 0.15) is 0 Å². The minimum absolute atomic E-state index is 0.303. The molecule has 2 heterocycles. The van der Waals surface area contributed by atoms with Gasteiger partial charge in [-0.1, -0.05) is 6.92 Å². The summed E-state index contributed by atoms with van der Waals surface area (Å²) in [6, 6.07) is 3.88. The van der Waals surface area contributed by atoms with Crippen molar-refractivity contribution in [3.8, 4) is 17.6 Å². The van der Waals surface area contributed by atoms with Crippen LogP contribution in [0.3, 0.4) is 0 Å². The fourth-order valence-corrected chi connectivity index (χ4v) is 1.24. The van der Waals surface area contributed by atoms with Gasteiger partial charge in [0, 0.05) is 7.05 Å². The summed E-state index contributed by atoms with van der Waals surface area (Å²) in [4.78, 5) is 12.5. The zero-order valence-electron chi connectivity index (χ0n) is 9.80. The Kier molecular flexibility index (Phi) is 3.54. The molecule has 0 bridgehead atoms. The number of furan rings is 1. The van der Waals surface area contributed by atoms with E-state index in [1.807, 2.05) is 6.92 Å². The maximum absolute atomic E-state index is 5.39. The highest BCUT2D eigenvalue weighted by Crippen LogP contribution is 2.18. The average molecular weight is 234 g/mol. The number of hydrogen-bond acceptors (Lipinski definition) is 6. The quantitative estimate of drug-likeness (QED) is 0.852. The Morgan fingerprint density at radius 2 is 2.24 bits per heavy atom. The molecule has 2 aromatic heterocycles. The molecule has 0 aromatic carbocycles. The third kappa shape index (κ3) is 2.72. The summed E-state index contributed by atoms with van der Waals surface area (Å²) in [5.41, 5.74) is 0. The van der Waals surface area contributed by atoms with Gasteiger partial charge in [0.2, 0.25) is 11.8 Å². The van der Waals surface area contributed by atoms with E-state index in [1.165, 1.54) is 0 Å². The lowest BCUT2D eigenvalue weighted by atomic mass is 10.4. The summed E-state index contributed by atoms with van der Waals surface area (Å²) >= 11 is 0. The van der Waals surface area contributed by atoms with Crippen molar-refractivity contribution in [2.45, 2.75) is 13.3 Å². The van der Waals surface area contributed by atoms with E-state index in [9.17, 15) is 0 Å². The summed E-state index contributed by atoms with van der Waals surface area (Å²) in [7, 11) is 1.74. The predicted molar refractivity (Wildman–Crippen MR) is 62.9 cm³/mol. The molecule has 0 fully saturated rings. The Morgan fingerprint density at radius 1 is 1.35 bits per heavy atom. The van der Waals surface area contributed by atoms with Crippen LogP contribution in [0.2, 0.25) is 0 Å². The number of aromatic nitrogens is 3. The van der Waals surface area contributed by atoms with Crippen molar-refractivity contribution in [1.82, 2.24) is 15.0 Å². The number of rotatable bonds is 5. The Bertz CT molecular complexity index is 470. The second kappa shape index (κ2) is 5.29. The molecule has 0 amide bonds. The molecule has 90 valence electrons. The lowest BCUT2D eigenvalue weighted by molar-refractivity contribution is 0.292. The second-order valence-electron chi connectivity index (χ2n) is 3.34. The smallest absolute Gasteiger partial charge is 0.321 e. The largest absolute Gasteiger partial charge is 0.463 e. The first-order chi connectivity index (χ1) is 8.33. The lowest BCUT2D eigenvalue weighted by Crippen LogP contribution is -2.05. The molecule has 0 aliphatic carbocycles. The topological polar surface area (TPSA) is 73.1 Å². The van der Waals surface area contributed by atoms with Crippen LogP contribution in [-0.2, 0) is 0 Å². The third-order valence-electron chi connectivity index (χ3n) is 2.02. The van der Waals surface area contributed by atoms with Crippen LogP contribution < -0.4 is 10.1 Å². The number of ether oxygens (including phenoxy) is 1. The van der Waals surface area contributed by atoms with Crippen LogP contribution >= 0.6 is 0 Å². The minimum Gasteiger partial charge on any atom is -0.463 e. The highest BCUT2D eigenvalue weighted by molar-refractivity contribution is 5.48. The van der Waals surface area contributed by atoms with E-state index in [0.717, 1.165) is 6.42 Å². The van der Waals surface area contributed by atoms with Crippen molar-refractivity contribution < 1.29 is 9.15 Å². The van der Waals surface area contributed by atoms with Gasteiger partial charge < -0.3 is 14.5 Å². The van der Waals surface area contributed by atoms with Crippen molar-refractivity contribution in [2.75, 3.05) is 19.0 Å². The first-order valence-electron chi connectivity index (χ1n) is 5.44. The second-order valence-corrected chi connectivity index (χ2v) is 3.34. The van der Waals surface area contributed by atoms with Crippen molar-refractivity contribution in [3.63, 3.8) is 0 Å². The summed E-state index contributed by atoms with van der Waals surface area (Å²) in [6.07, 6.45) is 2.47. The van der Waals surface area contributed by atoms with Crippen molar-refractivity contribution in [1.29, 1.82) is 0 Å². The monoisotopic (exact) mass is 234 g/mol. The van der Waals surface area contributed by atoms with E-state index < -0.39 is 0 Å². The summed E-state index contributed by atoms with van der Waals surface area (Å²) < 4.78 is 10.6. The molecule has 0 radical (unpaired) electrons. The lowest BCUT2D eigenvalue weighted by Gasteiger charge is -2.05. The molecule has 0 saturated carbocycles. The van der Waals surface area contributed by atoms with Gasteiger partial charge in [0.25, 0.3) is 0 Å². The maximum atomic E-state index is 5.39. The van der Waals surface area contributed by atoms with Crippen LogP contribution in [0.4, 0.5) is 5.95 Å². The number of nitrogens with zero attached hydrogens (tertiary/aromatic N) is 3. The van der Waals surface area contributed by atoms with Crippen molar-refractivity contribution in [2.24, 2.45) is 0 Å². The molecule has 0 aliphatic rings. The van der Waals surface area contributed by atoms with Gasteiger partial charge in [-0.25, -0.2) is 0 Å². The van der Waals surface area contributed by atoms with Crippen LogP contribution in [-0.4, -0.2) is 28.6 Å². The zero-order chi connectivity index (χ0) is 12.1. The molecule has 2 rings (SSSR count). The van der Waals surface area contributed by atoms with Crippen LogP contribution in [0.15, 0.2) is 22.8 Å². The number of anilines is 1. The standard InChI is InChI=1S/C11H14N4O2/c1-3-6-17-11-14-9(8-5-4-7-16-8)13-10(12-2)15-11/h4-5,7H,3,6H2,1-2H3,(H,12,13,14,15). The molecule has 0 unspecified atom stereocenters. The van der Waals surface area contributed by atoms with Gasteiger partial charge in [0.05, 0.1) is 12.9 Å². The number of hydrogen-bond donors (Lipinski definition) is 1. The molecular weight excluding hydrogens is 220 g/mol. The van der Waals surface area contributed by atoms with E-state index in [1.54, 1.807) is 25.4 Å². The Balaban J connectivity index is 2.32. The zero-order valence-corrected chi connectivity index (χ0v) is 9.80. The molecule has 6 heteroatoms. The van der Waals surface area contributed by atoms with Gasteiger partial charge in [-0.05, 0) is 18.6 Å². The van der Waals surface area contributed by atoms with E-state index in [-0.39, 0.29) is 0 Å². The van der Waals surface area contributed by atoms with E-state index >= 15 is 0 Å². The van der Waals surface area contributed by atoms with Crippen LogP contribution in [0, 0.1) is 0 Å². The summed E-state index contributed by atoms with van der Waals surface area (Å²) in [6.45, 7) is 2.60. The van der Waals surface area contributed by atoms with Gasteiger partial charge in [0.15, 0.2) is 5.76 Å². The molecule has 17 heavy (non-hydrogen) atoms. The van der Waals surface area contributed by atoms with E-state index in [4.69, 9.17) is 9.15 Å². The first kappa shape index (κ1) is 11.4. The molecule has 0 atom stereocenters. The highest BCUT2D eigenvalue weighted by Gasteiger charge is 2.10.